The first kappa shape index (κ1) is 7.73. The van der Waals surface area contributed by atoms with Crippen LogP contribution < -0.4 is 11.5 Å². The molecule has 13 heavy (non-hydrogen) atoms. The molecule has 0 saturated heterocycles. The number of phenols is 1. The molecule has 66 valence electrons. The zero-order chi connectivity index (χ0) is 9.42. The second kappa shape index (κ2) is 2.55. The molecule has 0 aromatic heterocycles. The lowest BCUT2D eigenvalue weighted by atomic mass is 10.1. The van der Waals surface area contributed by atoms with Gasteiger partial charge in [-0.25, -0.2) is 0 Å². The number of hydrogen-bond acceptors (Lipinski definition) is 3. The highest BCUT2D eigenvalue weighted by Gasteiger charge is 1.99. The molecule has 0 aliphatic rings. The Balaban J connectivity index is 2.81. The zero-order valence-corrected chi connectivity index (χ0v) is 6.99. The van der Waals surface area contributed by atoms with Crippen LogP contribution in [-0.2, 0) is 0 Å². The minimum Gasteiger partial charge on any atom is -0.508 e. The van der Waals surface area contributed by atoms with Gasteiger partial charge in [0.2, 0.25) is 0 Å². The van der Waals surface area contributed by atoms with Gasteiger partial charge in [-0.05, 0) is 35.0 Å². The fourth-order valence-corrected chi connectivity index (χ4v) is 1.32. The van der Waals surface area contributed by atoms with Crippen molar-refractivity contribution in [1.82, 2.24) is 0 Å². The molecule has 0 amide bonds. The second-order valence-corrected chi connectivity index (χ2v) is 3.01. The number of hydrogen-bond donors (Lipinski definition) is 3. The first-order valence-electron chi connectivity index (χ1n) is 3.94. The van der Waals surface area contributed by atoms with E-state index in [1.165, 1.54) is 0 Å². The molecule has 0 heterocycles. The molecular formula is C10H10N2O. The predicted octanol–water partition coefficient (Wildman–Crippen LogP) is 1.71. The minimum atomic E-state index is 0.233. The number of nitrogen functional groups attached to an aromatic ring is 2. The SMILES string of the molecule is Nc1cc2ccc(O)cc2cc1N. The third kappa shape index (κ3) is 1.24. The maximum Gasteiger partial charge on any atom is 0.116 e. The number of aromatic hydroxyl groups is 1. The molecule has 0 aliphatic carbocycles. The molecule has 0 fully saturated rings. The van der Waals surface area contributed by atoms with Gasteiger partial charge in [-0.3, -0.25) is 0 Å². The quantitative estimate of drug-likeness (QED) is 0.532. The number of phenolic OH excluding ortho intramolecular Hbond substituents is 1. The Morgan fingerprint density at radius 2 is 1.46 bits per heavy atom. The highest BCUT2D eigenvalue weighted by atomic mass is 16.3. The monoisotopic (exact) mass is 174 g/mol. The molecule has 2 aromatic rings. The molecule has 2 rings (SSSR count). The van der Waals surface area contributed by atoms with Crippen molar-refractivity contribution in [2.75, 3.05) is 11.5 Å². The van der Waals surface area contributed by atoms with E-state index in [4.69, 9.17) is 11.5 Å². The zero-order valence-electron chi connectivity index (χ0n) is 6.99. The molecule has 2 aromatic carbocycles. The summed E-state index contributed by atoms with van der Waals surface area (Å²) in [6.45, 7) is 0. The summed E-state index contributed by atoms with van der Waals surface area (Å²) in [6, 6.07) is 8.64. The van der Waals surface area contributed by atoms with Gasteiger partial charge in [-0.2, -0.15) is 0 Å². The lowest BCUT2D eigenvalue weighted by Crippen LogP contribution is -1.93. The Morgan fingerprint density at radius 1 is 0.846 bits per heavy atom. The molecule has 0 spiro atoms. The number of anilines is 2. The van der Waals surface area contributed by atoms with Crippen molar-refractivity contribution in [1.29, 1.82) is 0 Å². The van der Waals surface area contributed by atoms with Crippen LogP contribution in [-0.4, -0.2) is 5.11 Å². The van der Waals surface area contributed by atoms with E-state index in [-0.39, 0.29) is 5.75 Å². The van der Waals surface area contributed by atoms with Gasteiger partial charge in [0.05, 0.1) is 11.4 Å². The minimum absolute atomic E-state index is 0.233. The summed E-state index contributed by atoms with van der Waals surface area (Å²) in [4.78, 5) is 0. The number of benzene rings is 2. The Hall–Kier alpha value is -1.90. The van der Waals surface area contributed by atoms with Crippen LogP contribution in [0.5, 0.6) is 5.75 Å². The van der Waals surface area contributed by atoms with Gasteiger partial charge in [0, 0.05) is 0 Å². The van der Waals surface area contributed by atoms with Gasteiger partial charge in [0.15, 0.2) is 0 Å². The van der Waals surface area contributed by atoms with Gasteiger partial charge in [-0.15, -0.1) is 0 Å². The van der Waals surface area contributed by atoms with Gasteiger partial charge in [0.25, 0.3) is 0 Å². The summed E-state index contributed by atoms with van der Waals surface area (Å²) in [5, 5.41) is 11.1. The van der Waals surface area contributed by atoms with Crippen molar-refractivity contribution in [3.63, 3.8) is 0 Å². The van der Waals surface area contributed by atoms with Crippen molar-refractivity contribution in [2.24, 2.45) is 0 Å². The number of fused-ring (bicyclic) bond motifs is 1. The van der Waals surface area contributed by atoms with E-state index in [0.29, 0.717) is 11.4 Å². The van der Waals surface area contributed by atoms with Gasteiger partial charge >= 0.3 is 0 Å². The molecular weight excluding hydrogens is 164 g/mol. The Labute approximate surface area is 75.6 Å². The molecule has 0 bridgehead atoms. The normalized spacial score (nSPS) is 10.5. The topological polar surface area (TPSA) is 72.3 Å². The maximum absolute atomic E-state index is 9.22. The average Bonchev–Trinajstić information content (AvgIpc) is 2.08. The van der Waals surface area contributed by atoms with Crippen LogP contribution in [0, 0.1) is 0 Å². The predicted molar refractivity (Wildman–Crippen MR) is 54.4 cm³/mol. The van der Waals surface area contributed by atoms with E-state index in [0.717, 1.165) is 10.8 Å². The molecule has 0 saturated carbocycles. The number of nitrogens with two attached hydrogens (primary N) is 2. The van der Waals surface area contributed by atoms with E-state index >= 15 is 0 Å². The Morgan fingerprint density at radius 3 is 2.15 bits per heavy atom. The summed E-state index contributed by atoms with van der Waals surface area (Å²) < 4.78 is 0. The summed E-state index contributed by atoms with van der Waals surface area (Å²) >= 11 is 0. The van der Waals surface area contributed by atoms with E-state index in [1.807, 2.05) is 0 Å². The second-order valence-electron chi connectivity index (χ2n) is 3.01. The van der Waals surface area contributed by atoms with E-state index in [2.05, 4.69) is 0 Å². The molecule has 3 heteroatoms. The van der Waals surface area contributed by atoms with Gasteiger partial charge < -0.3 is 16.6 Å². The average molecular weight is 174 g/mol. The van der Waals surface area contributed by atoms with Gasteiger partial charge in [0.1, 0.15) is 5.75 Å². The van der Waals surface area contributed by atoms with Crippen molar-refractivity contribution in [3.05, 3.63) is 30.3 Å². The van der Waals surface area contributed by atoms with Crippen LogP contribution in [0.25, 0.3) is 10.8 Å². The molecule has 0 aliphatic heterocycles. The highest BCUT2D eigenvalue weighted by Crippen LogP contribution is 2.26. The maximum atomic E-state index is 9.22. The van der Waals surface area contributed by atoms with Gasteiger partial charge in [-0.1, -0.05) is 6.07 Å². The van der Waals surface area contributed by atoms with E-state index < -0.39 is 0 Å². The van der Waals surface area contributed by atoms with E-state index in [9.17, 15) is 5.11 Å². The fourth-order valence-electron chi connectivity index (χ4n) is 1.32. The summed E-state index contributed by atoms with van der Waals surface area (Å²) in [5.41, 5.74) is 12.4. The molecule has 0 atom stereocenters. The summed E-state index contributed by atoms with van der Waals surface area (Å²) in [7, 11) is 0. The van der Waals surface area contributed by atoms with Crippen molar-refractivity contribution >= 4 is 22.1 Å². The smallest absolute Gasteiger partial charge is 0.116 e. The van der Waals surface area contributed by atoms with Crippen molar-refractivity contribution < 1.29 is 5.11 Å². The summed E-state index contributed by atoms with van der Waals surface area (Å²) in [5.74, 6) is 0.233. The van der Waals surface area contributed by atoms with Crippen LogP contribution in [0.3, 0.4) is 0 Å². The molecule has 0 unspecified atom stereocenters. The Bertz CT molecular complexity index is 466. The van der Waals surface area contributed by atoms with Crippen LogP contribution in [0.1, 0.15) is 0 Å². The van der Waals surface area contributed by atoms with Crippen molar-refractivity contribution in [3.8, 4) is 5.75 Å². The molecule has 3 nitrogen and oxygen atoms in total. The summed E-state index contributed by atoms with van der Waals surface area (Å²) in [6.07, 6.45) is 0. The van der Waals surface area contributed by atoms with Crippen LogP contribution in [0.2, 0.25) is 0 Å². The highest BCUT2D eigenvalue weighted by molar-refractivity contribution is 5.91. The van der Waals surface area contributed by atoms with Crippen LogP contribution >= 0.6 is 0 Å². The van der Waals surface area contributed by atoms with E-state index in [1.54, 1.807) is 30.3 Å². The Kier molecular flexibility index (Phi) is 1.52. The van der Waals surface area contributed by atoms with Crippen LogP contribution in [0.15, 0.2) is 30.3 Å². The largest absolute Gasteiger partial charge is 0.508 e. The fraction of sp³-hybridized carbons (Fsp3) is 0. The molecule has 0 radical (unpaired) electrons. The third-order valence-electron chi connectivity index (χ3n) is 2.03. The standard InChI is InChI=1S/C10H10N2O/c11-9-4-6-1-2-8(13)3-7(6)5-10(9)12/h1-5,13H,11-12H2. The third-order valence-corrected chi connectivity index (χ3v) is 2.03. The first-order valence-corrected chi connectivity index (χ1v) is 3.94. The lowest BCUT2D eigenvalue weighted by Gasteiger charge is -2.03. The number of rotatable bonds is 0. The van der Waals surface area contributed by atoms with Crippen LogP contribution in [0.4, 0.5) is 11.4 Å². The molecule has 5 N–H and O–H groups in total. The lowest BCUT2D eigenvalue weighted by molar-refractivity contribution is 0.476. The van der Waals surface area contributed by atoms with Crippen molar-refractivity contribution in [2.45, 2.75) is 0 Å². The first-order chi connectivity index (χ1) is 6.16.